The van der Waals surface area contributed by atoms with E-state index in [1.807, 2.05) is 6.07 Å². The van der Waals surface area contributed by atoms with Crippen LogP contribution < -0.4 is 4.74 Å². The highest BCUT2D eigenvalue weighted by Gasteiger charge is 2.06. The molecule has 2 aromatic rings. The summed E-state index contributed by atoms with van der Waals surface area (Å²) in [4.78, 5) is 7.86. The third-order valence-corrected chi connectivity index (χ3v) is 2.31. The van der Waals surface area contributed by atoms with E-state index in [-0.39, 0.29) is 11.8 Å². The van der Waals surface area contributed by atoms with Gasteiger partial charge < -0.3 is 9.84 Å². The zero-order chi connectivity index (χ0) is 12.1. The van der Waals surface area contributed by atoms with Crippen molar-refractivity contribution in [3.63, 3.8) is 0 Å². The summed E-state index contributed by atoms with van der Waals surface area (Å²) in [5.74, 6) is 0.486. The molecule has 88 valence electrons. The number of rotatable bonds is 4. The summed E-state index contributed by atoms with van der Waals surface area (Å²) < 4.78 is 5.37. The molecule has 0 saturated carbocycles. The summed E-state index contributed by atoms with van der Waals surface area (Å²) in [5, 5.41) is 9.80. The van der Waals surface area contributed by atoms with Crippen molar-refractivity contribution in [1.29, 1.82) is 0 Å². The van der Waals surface area contributed by atoms with Gasteiger partial charge in [0.2, 0.25) is 0 Å². The van der Waals surface area contributed by atoms with Crippen LogP contribution in [0.1, 0.15) is 18.9 Å². The highest BCUT2D eigenvalue weighted by atomic mass is 16.5. The maximum Gasteiger partial charge on any atom is 0.321 e. The smallest absolute Gasteiger partial charge is 0.321 e. The number of ether oxygens (including phenoxy) is 1. The SMILES string of the molecule is CCCc1ccc(Oc2ncccn2)c(O)c1. The van der Waals surface area contributed by atoms with Gasteiger partial charge in [-0.05, 0) is 30.2 Å². The minimum Gasteiger partial charge on any atom is -0.504 e. The lowest BCUT2D eigenvalue weighted by atomic mass is 10.1. The minimum absolute atomic E-state index is 0.114. The van der Waals surface area contributed by atoms with E-state index in [9.17, 15) is 5.11 Å². The topological polar surface area (TPSA) is 55.2 Å². The Kier molecular flexibility index (Phi) is 3.55. The number of hydrogen-bond acceptors (Lipinski definition) is 4. The Hall–Kier alpha value is -2.10. The van der Waals surface area contributed by atoms with Crippen LogP contribution in [-0.2, 0) is 6.42 Å². The van der Waals surface area contributed by atoms with Crippen LogP contribution in [0.4, 0.5) is 0 Å². The Morgan fingerprint density at radius 1 is 1.24 bits per heavy atom. The van der Waals surface area contributed by atoms with Gasteiger partial charge in [-0.3, -0.25) is 0 Å². The maximum absolute atomic E-state index is 9.80. The Balaban J connectivity index is 2.17. The standard InChI is InChI=1S/C13H14N2O2/c1-2-4-10-5-6-12(11(16)9-10)17-13-14-7-3-8-15-13/h3,5-9,16H,2,4H2,1H3. The molecule has 4 nitrogen and oxygen atoms in total. The van der Waals surface area contributed by atoms with Crippen LogP contribution in [0.5, 0.6) is 17.5 Å². The highest BCUT2D eigenvalue weighted by molar-refractivity contribution is 5.42. The fourth-order valence-electron chi connectivity index (χ4n) is 1.53. The molecule has 2 rings (SSSR count). The molecule has 1 aromatic heterocycles. The van der Waals surface area contributed by atoms with Crippen molar-refractivity contribution in [3.05, 3.63) is 42.2 Å². The van der Waals surface area contributed by atoms with Crippen molar-refractivity contribution >= 4 is 0 Å². The van der Waals surface area contributed by atoms with Crippen LogP contribution in [0, 0.1) is 0 Å². The number of aromatic nitrogens is 2. The van der Waals surface area contributed by atoms with Gasteiger partial charge in [0.1, 0.15) is 0 Å². The van der Waals surface area contributed by atoms with Crippen molar-refractivity contribution in [2.24, 2.45) is 0 Å². The largest absolute Gasteiger partial charge is 0.504 e. The fraction of sp³-hybridized carbons (Fsp3) is 0.231. The van der Waals surface area contributed by atoms with Crippen molar-refractivity contribution < 1.29 is 9.84 Å². The molecule has 0 fully saturated rings. The van der Waals surface area contributed by atoms with E-state index in [4.69, 9.17) is 4.74 Å². The number of phenols is 1. The lowest BCUT2D eigenvalue weighted by molar-refractivity contribution is 0.391. The van der Waals surface area contributed by atoms with Crippen molar-refractivity contribution in [1.82, 2.24) is 9.97 Å². The van der Waals surface area contributed by atoms with Gasteiger partial charge in [0.15, 0.2) is 11.5 Å². The second-order valence-corrected chi connectivity index (χ2v) is 3.69. The zero-order valence-corrected chi connectivity index (χ0v) is 9.63. The van der Waals surface area contributed by atoms with Crippen LogP contribution in [0.3, 0.4) is 0 Å². The molecule has 0 aliphatic rings. The molecular formula is C13H14N2O2. The third kappa shape index (κ3) is 2.93. The molecular weight excluding hydrogens is 216 g/mol. The molecule has 17 heavy (non-hydrogen) atoms. The predicted molar refractivity (Wildman–Crippen MR) is 64.2 cm³/mol. The van der Waals surface area contributed by atoms with Gasteiger partial charge in [-0.25, -0.2) is 9.97 Å². The Bertz CT molecular complexity index is 486. The van der Waals surface area contributed by atoms with E-state index in [1.54, 1.807) is 30.6 Å². The van der Waals surface area contributed by atoms with Gasteiger partial charge in [-0.15, -0.1) is 0 Å². The van der Waals surface area contributed by atoms with Crippen LogP contribution >= 0.6 is 0 Å². The second kappa shape index (κ2) is 5.30. The van der Waals surface area contributed by atoms with Gasteiger partial charge in [0.05, 0.1) is 0 Å². The lowest BCUT2D eigenvalue weighted by Gasteiger charge is -2.07. The van der Waals surface area contributed by atoms with E-state index < -0.39 is 0 Å². The predicted octanol–water partition coefficient (Wildman–Crippen LogP) is 2.93. The first kappa shape index (κ1) is 11.4. The van der Waals surface area contributed by atoms with E-state index in [2.05, 4.69) is 16.9 Å². The van der Waals surface area contributed by atoms with Gasteiger partial charge in [-0.1, -0.05) is 19.4 Å². The van der Waals surface area contributed by atoms with E-state index in [0.29, 0.717) is 5.75 Å². The molecule has 0 aliphatic carbocycles. The first-order valence-corrected chi connectivity index (χ1v) is 5.56. The number of nitrogens with zero attached hydrogens (tertiary/aromatic N) is 2. The summed E-state index contributed by atoms with van der Waals surface area (Å²) in [5.41, 5.74) is 1.09. The maximum atomic E-state index is 9.80. The van der Waals surface area contributed by atoms with E-state index in [1.165, 1.54) is 0 Å². The molecule has 0 atom stereocenters. The minimum atomic E-state index is 0.114. The summed E-state index contributed by atoms with van der Waals surface area (Å²) in [6.45, 7) is 2.10. The highest BCUT2D eigenvalue weighted by Crippen LogP contribution is 2.29. The molecule has 0 bridgehead atoms. The van der Waals surface area contributed by atoms with Gasteiger partial charge in [0, 0.05) is 12.4 Å². The number of aryl methyl sites for hydroxylation is 1. The summed E-state index contributed by atoms with van der Waals surface area (Å²) in [6.07, 6.45) is 5.16. The molecule has 1 heterocycles. The number of phenolic OH excluding ortho intramolecular Hbond substituents is 1. The molecule has 1 N–H and O–H groups in total. The second-order valence-electron chi connectivity index (χ2n) is 3.69. The lowest BCUT2D eigenvalue weighted by Crippen LogP contribution is -1.91. The van der Waals surface area contributed by atoms with Crippen LogP contribution in [0.2, 0.25) is 0 Å². The molecule has 4 heteroatoms. The van der Waals surface area contributed by atoms with Crippen LogP contribution in [0.25, 0.3) is 0 Å². The first-order chi connectivity index (χ1) is 8.29. The first-order valence-electron chi connectivity index (χ1n) is 5.56. The molecule has 0 unspecified atom stereocenters. The molecule has 1 aromatic carbocycles. The van der Waals surface area contributed by atoms with Crippen molar-refractivity contribution in [3.8, 4) is 17.5 Å². The van der Waals surface area contributed by atoms with E-state index >= 15 is 0 Å². The Morgan fingerprint density at radius 3 is 2.65 bits per heavy atom. The molecule has 0 radical (unpaired) electrons. The number of benzene rings is 1. The average Bonchev–Trinajstić information content (AvgIpc) is 2.34. The number of aromatic hydroxyl groups is 1. The average molecular weight is 230 g/mol. The van der Waals surface area contributed by atoms with Gasteiger partial charge in [-0.2, -0.15) is 0 Å². The van der Waals surface area contributed by atoms with Crippen molar-refractivity contribution in [2.45, 2.75) is 19.8 Å². The Morgan fingerprint density at radius 2 is 2.00 bits per heavy atom. The summed E-state index contributed by atoms with van der Waals surface area (Å²) in [6, 6.07) is 7.31. The third-order valence-electron chi connectivity index (χ3n) is 2.31. The van der Waals surface area contributed by atoms with Gasteiger partial charge >= 0.3 is 6.01 Å². The summed E-state index contributed by atoms with van der Waals surface area (Å²) >= 11 is 0. The quantitative estimate of drug-likeness (QED) is 0.877. The fourth-order valence-corrected chi connectivity index (χ4v) is 1.53. The molecule has 0 spiro atoms. The van der Waals surface area contributed by atoms with Crippen LogP contribution in [0.15, 0.2) is 36.7 Å². The van der Waals surface area contributed by atoms with Crippen molar-refractivity contribution in [2.75, 3.05) is 0 Å². The molecule has 0 saturated heterocycles. The zero-order valence-electron chi connectivity index (χ0n) is 9.63. The Labute approximate surface area is 99.9 Å². The monoisotopic (exact) mass is 230 g/mol. The normalized spacial score (nSPS) is 10.2. The molecule has 0 aliphatic heterocycles. The number of hydrogen-bond donors (Lipinski definition) is 1. The van der Waals surface area contributed by atoms with E-state index in [0.717, 1.165) is 18.4 Å². The van der Waals surface area contributed by atoms with Gasteiger partial charge in [0.25, 0.3) is 0 Å². The summed E-state index contributed by atoms with van der Waals surface area (Å²) in [7, 11) is 0. The molecule has 0 amide bonds. The van der Waals surface area contributed by atoms with Crippen LogP contribution in [-0.4, -0.2) is 15.1 Å².